The molecular formula is C11H19N3O2. The molecule has 0 aromatic heterocycles. The van der Waals surface area contributed by atoms with Crippen LogP contribution in [0.4, 0.5) is 4.79 Å². The van der Waals surface area contributed by atoms with Crippen molar-refractivity contribution in [2.75, 3.05) is 13.1 Å². The van der Waals surface area contributed by atoms with E-state index in [1.807, 2.05) is 6.92 Å². The predicted molar refractivity (Wildman–Crippen MR) is 60.0 cm³/mol. The third kappa shape index (κ3) is 2.13. The zero-order valence-electron chi connectivity index (χ0n) is 9.66. The van der Waals surface area contributed by atoms with Gasteiger partial charge in [0.2, 0.25) is 5.91 Å². The van der Waals surface area contributed by atoms with Crippen LogP contribution in [0.1, 0.15) is 32.6 Å². The average Bonchev–Trinajstić information content (AvgIpc) is 2.28. The van der Waals surface area contributed by atoms with Gasteiger partial charge in [0, 0.05) is 12.6 Å². The van der Waals surface area contributed by atoms with Crippen LogP contribution in [0.15, 0.2) is 0 Å². The van der Waals surface area contributed by atoms with E-state index >= 15 is 0 Å². The molecule has 0 spiro atoms. The van der Waals surface area contributed by atoms with Crippen LogP contribution in [0.2, 0.25) is 0 Å². The highest BCUT2D eigenvalue weighted by atomic mass is 16.2. The van der Waals surface area contributed by atoms with Gasteiger partial charge in [0.1, 0.15) is 6.54 Å². The van der Waals surface area contributed by atoms with Gasteiger partial charge < -0.3 is 15.5 Å². The lowest BCUT2D eigenvalue weighted by atomic mass is 9.87. The number of hydrogen-bond donors (Lipinski definition) is 2. The molecule has 2 N–H and O–H groups in total. The lowest BCUT2D eigenvalue weighted by Crippen LogP contribution is -2.64. The number of carbonyl (C=O) groups excluding carboxylic acids is 2. The van der Waals surface area contributed by atoms with E-state index in [0.717, 1.165) is 25.7 Å². The highest BCUT2D eigenvalue weighted by Crippen LogP contribution is 2.25. The summed E-state index contributed by atoms with van der Waals surface area (Å²) in [6.07, 6.45) is 4.28. The molecule has 2 fully saturated rings. The molecule has 1 aliphatic carbocycles. The van der Waals surface area contributed by atoms with Crippen LogP contribution in [-0.4, -0.2) is 42.0 Å². The Balaban J connectivity index is 2.08. The van der Waals surface area contributed by atoms with Crippen LogP contribution in [0.3, 0.4) is 0 Å². The predicted octanol–water partition coefficient (Wildman–Crippen LogP) is 0.459. The second kappa shape index (κ2) is 4.72. The smallest absolute Gasteiger partial charge is 0.318 e. The Labute approximate surface area is 95.6 Å². The summed E-state index contributed by atoms with van der Waals surface area (Å²) < 4.78 is 0. The molecule has 1 heterocycles. The topological polar surface area (TPSA) is 61.4 Å². The average molecular weight is 225 g/mol. The van der Waals surface area contributed by atoms with E-state index in [1.165, 1.54) is 0 Å². The molecule has 0 bridgehead atoms. The highest BCUT2D eigenvalue weighted by Gasteiger charge is 2.38. The minimum absolute atomic E-state index is 0.0330. The van der Waals surface area contributed by atoms with Crippen LogP contribution in [-0.2, 0) is 4.79 Å². The Kier molecular flexibility index (Phi) is 3.31. The molecule has 5 heteroatoms. The minimum atomic E-state index is -0.103. The molecular weight excluding hydrogens is 206 g/mol. The molecule has 2 atom stereocenters. The lowest BCUT2D eigenvalue weighted by molar-refractivity contribution is -0.126. The van der Waals surface area contributed by atoms with E-state index in [2.05, 4.69) is 10.6 Å². The number of amides is 3. The maximum absolute atomic E-state index is 11.8. The largest absolute Gasteiger partial charge is 0.350 e. The summed E-state index contributed by atoms with van der Waals surface area (Å²) in [7, 11) is 0. The summed E-state index contributed by atoms with van der Waals surface area (Å²) in [6.45, 7) is 2.70. The second-order valence-electron chi connectivity index (χ2n) is 4.49. The van der Waals surface area contributed by atoms with Crippen molar-refractivity contribution in [3.05, 3.63) is 0 Å². The Bertz CT molecular complexity index is 293. The molecule has 2 rings (SSSR count). The lowest BCUT2D eigenvalue weighted by Gasteiger charge is -2.43. The van der Waals surface area contributed by atoms with Crippen molar-refractivity contribution in [3.8, 4) is 0 Å². The quantitative estimate of drug-likeness (QED) is 0.681. The number of nitrogens with one attached hydrogen (secondary N) is 2. The van der Waals surface area contributed by atoms with Crippen molar-refractivity contribution < 1.29 is 9.59 Å². The molecule has 0 aromatic carbocycles. The fourth-order valence-corrected chi connectivity index (χ4v) is 2.65. The molecule has 5 nitrogen and oxygen atoms in total. The molecule has 2 aliphatic rings. The van der Waals surface area contributed by atoms with E-state index in [-0.39, 0.29) is 30.6 Å². The highest BCUT2D eigenvalue weighted by molar-refractivity contribution is 5.86. The van der Waals surface area contributed by atoms with E-state index in [0.29, 0.717) is 6.54 Å². The van der Waals surface area contributed by atoms with E-state index < -0.39 is 0 Å². The van der Waals surface area contributed by atoms with Crippen LogP contribution in [0.5, 0.6) is 0 Å². The summed E-state index contributed by atoms with van der Waals surface area (Å²) >= 11 is 0. The normalized spacial score (nSPS) is 29.3. The van der Waals surface area contributed by atoms with Gasteiger partial charge in [-0.15, -0.1) is 0 Å². The van der Waals surface area contributed by atoms with Gasteiger partial charge in [0.05, 0.1) is 6.04 Å². The molecule has 1 aliphatic heterocycles. The first kappa shape index (κ1) is 11.2. The van der Waals surface area contributed by atoms with Gasteiger partial charge in [-0.2, -0.15) is 0 Å². The molecule has 3 amide bonds. The molecule has 1 saturated heterocycles. The van der Waals surface area contributed by atoms with Gasteiger partial charge in [-0.3, -0.25) is 4.79 Å². The Morgan fingerprint density at radius 1 is 1.50 bits per heavy atom. The maximum Gasteiger partial charge on any atom is 0.318 e. The Morgan fingerprint density at radius 3 is 3.00 bits per heavy atom. The van der Waals surface area contributed by atoms with Crippen molar-refractivity contribution in [2.45, 2.75) is 44.7 Å². The Morgan fingerprint density at radius 2 is 2.25 bits per heavy atom. The number of urea groups is 1. The Hall–Kier alpha value is -1.26. The van der Waals surface area contributed by atoms with Crippen molar-refractivity contribution in [1.82, 2.24) is 15.5 Å². The summed E-state index contributed by atoms with van der Waals surface area (Å²) in [6, 6.07) is 0.254. The van der Waals surface area contributed by atoms with Crippen LogP contribution < -0.4 is 10.6 Å². The van der Waals surface area contributed by atoms with Crippen molar-refractivity contribution in [3.63, 3.8) is 0 Å². The number of nitrogens with zero attached hydrogens (tertiary/aromatic N) is 1. The molecule has 0 unspecified atom stereocenters. The van der Waals surface area contributed by atoms with Gasteiger partial charge in [0.25, 0.3) is 0 Å². The SMILES string of the molecule is CCNC(=O)N1CC(=O)N[C@H]2CCCC[C@H]21. The molecule has 0 aromatic rings. The van der Waals surface area contributed by atoms with E-state index in [1.54, 1.807) is 4.90 Å². The third-order valence-corrected chi connectivity index (χ3v) is 3.38. The number of carbonyl (C=O) groups is 2. The van der Waals surface area contributed by atoms with Gasteiger partial charge in [-0.25, -0.2) is 4.79 Å². The standard InChI is InChI=1S/C11H19N3O2/c1-2-12-11(16)14-7-10(15)13-8-5-3-4-6-9(8)14/h8-9H,2-7H2,1H3,(H,12,16)(H,13,15)/t8-,9+/m0/s1. The van der Waals surface area contributed by atoms with Crippen LogP contribution in [0.25, 0.3) is 0 Å². The number of piperazine rings is 1. The van der Waals surface area contributed by atoms with Crippen molar-refractivity contribution in [2.24, 2.45) is 0 Å². The fraction of sp³-hybridized carbons (Fsp3) is 0.818. The fourth-order valence-electron chi connectivity index (χ4n) is 2.65. The monoisotopic (exact) mass is 225 g/mol. The first-order chi connectivity index (χ1) is 7.72. The maximum atomic E-state index is 11.8. The first-order valence-electron chi connectivity index (χ1n) is 6.06. The molecule has 90 valence electrons. The molecule has 0 radical (unpaired) electrons. The van der Waals surface area contributed by atoms with Crippen molar-refractivity contribution in [1.29, 1.82) is 0 Å². The van der Waals surface area contributed by atoms with Crippen molar-refractivity contribution >= 4 is 11.9 Å². The molecule has 1 saturated carbocycles. The van der Waals surface area contributed by atoms with E-state index in [9.17, 15) is 9.59 Å². The second-order valence-corrected chi connectivity index (χ2v) is 4.49. The van der Waals surface area contributed by atoms with Gasteiger partial charge in [-0.05, 0) is 19.8 Å². The van der Waals surface area contributed by atoms with Crippen LogP contribution in [0, 0.1) is 0 Å². The third-order valence-electron chi connectivity index (χ3n) is 3.38. The minimum Gasteiger partial charge on any atom is -0.350 e. The van der Waals surface area contributed by atoms with E-state index in [4.69, 9.17) is 0 Å². The summed E-state index contributed by atoms with van der Waals surface area (Å²) in [4.78, 5) is 25.0. The van der Waals surface area contributed by atoms with Gasteiger partial charge in [0.15, 0.2) is 0 Å². The van der Waals surface area contributed by atoms with Gasteiger partial charge >= 0.3 is 6.03 Å². The zero-order chi connectivity index (χ0) is 11.5. The zero-order valence-corrected chi connectivity index (χ0v) is 9.66. The van der Waals surface area contributed by atoms with Crippen LogP contribution >= 0.6 is 0 Å². The number of hydrogen-bond acceptors (Lipinski definition) is 2. The molecule has 16 heavy (non-hydrogen) atoms. The number of rotatable bonds is 1. The first-order valence-corrected chi connectivity index (χ1v) is 6.06. The number of fused-ring (bicyclic) bond motifs is 1. The van der Waals surface area contributed by atoms with Gasteiger partial charge in [-0.1, -0.05) is 12.8 Å². The summed E-state index contributed by atoms with van der Waals surface area (Å²) in [5, 5.41) is 5.76. The summed E-state index contributed by atoms with van der Waals surface area (Å²) in [5.74, 6) is -0.0330. The summed E-state index contributed by atoms with van der Waals surface area (Å²) in [5.41, 5.74) is 0.